The van der Waals surface area contributed by atoms with Gasteiger partial charge in [-0.05, 0) is 48.9 Å². The number of benzene rings is 1. The van der Waals surface area contributed by atoms with E-state index in [0.717, 1.165) is 18.5 Å². The highest BCUT2D eigenvalue weighted by atomic mass is 16.2. The van der Waals surface area contributed by atoms with Crippen molar-refractivity contribution >= 4 is 17.5 Å². The number of nitrogens with zero attached hydrogens (tertiary/aromatic N) is 1. The summed E-state index contributed by atoms with van der Waals surface area (Å²) in [5.74, 6) is -0.725. The Hall–Kier alpha value is -1.84. The zero-order valence-corrected chi connectivity index (χ0v) is 10.9. The summed E-state index contributed by atoms with van der Waals surface area (Å²) < 4.78 is 0. The molecule has 1 atom stereocenters. The summed E-state index contributed by atoms with van der Waals surface area (Å²) in [5.41, 5.74) is 8.95. The van der Waals surface area contributed by atoms with Crippen molar-refractivity contribution in [1.29, 1.82) is 0 Å². The van der Waals surface area contributed by atoms with Crippen LogP contribution in [0.5, 0.6) is 0 Å². The van der Waals surface area contributed by atoms with E-state index in [4.69, 9.17) is 5.73 Å². The molecule has 1 aromatic carbocycles. The molecule has 0 spiro atoms. The van der Waals surface area contributed by atoms with Gasteiger partial charge in [0.15, 0.2) is 0 Å². The van der Waals surface area contributed by atoms with Crippen molar-refractivity contribution in [2.45, 2.75) is 32.1 Å². The molecule has 1 aliphatic heterocycles. The van der Waals surface area contributed by atoms with Crippen molar-refractivity contribution in [3.8, 4) is 0 Å². The van der Waals surface area contributed by atoms with Crippen LogP contribution in [0.4, 0.5) is 5.69 Å². The largest absolute Gasteiger partial charge is 0.369 e. The van der Waals surface area contributed by atoms with E-state index in [1.165, 1.54) is 24.0 Å². The molecule has 1 unspecified atom stereocenters. The van der Waals surface area contributed by atoms with Crippen LogP contribution in [0.15, 0.2) is 18.2 Å². The van der Waals surface area contributed by atoms with Crippen LogP contribution >= 0.6 is 0 Å². The first kappa shape index (κ1) is 12.2. The average molecular weight is 258 g/mol. The fourth-order valence-electron chi connectivity index (χ4n) is 3.04. The van der Waals surface area contributed by atoms with Gasteiger partial charge in [-0.3, -0.25) is 9.59 Å². The van der Waals surface area contributed by atoms with E-state index < -0.39 is 0 Å². The lowest BCUT2D eigenvalue weighted by Crippen LogP contribution is -2.28. The molecule has 1 aliphatic carbocycles. The Balaban J connectivity index is 1.86. The van der Waals surface area contributed by atoms with Crippen LogP contribution in [-0.2, 0) is 22.4 Å². The Morgan fingerprint density at radius 2 is 1.95 bits per heavy atom. The quantitative estimate of drug-likeness (QED) is 0.871. The number of anilines is 1. The second-order valence-corrected chi connectivity index (χ2v) is 5.47. The van der Waals surface area contributed by atoms with Crippen LogP contribution in [-0.4, -0.2) is 18.4 Å². The SMILES string of the molecule is NC(=O)C1CC(=O)N(c2ccc3c(c2)CCCC3)C1. The molecular weight excluding hydrogens is 240 g/mol. The Labute approximate surface area is 112 Å². The van der Waals surface area contributed by atoms with Gasteiger partial charge < -0.3 is 10.6 Å². The third-order valence-electron chi connectivity index (χ3n) is 4.17. The summed E-state index contributed by atoms with van der Waals surface area (Å²) in [5, 5.41) is 0. The van der Waals surface area contributed by atoms with E-state index in [0.29, 0.717) is 6.54 Å². The van der Waals surface area contributed by atoms with Crippen LogP contribution in [0.2, 0.25) is 0 Å². The summed E-state index contributed by atoms with van der Waals surface area (Å²) in [6.45, 7) is 0.424. The predicted octanol–water partition coefficient (Wildman–Crippen LogP) is 1.40. The van der Waals surface area contributed by atoms with Crippen molar-refractivity contribution in [1.82, 2.24) is 0 Å². The smallest absolute Gasteiger partial charge is 0.227 e. The summed E-state index contributed by atoms with van der Waals surface area (Å²) in [6, 6.07) is 6.22. The van der Waals surface area contributed by atoms with Gasteiger partial charge in [0.05, 0.1) is 5.92 Å². The van der Waals surface area contributed by atoms with E-state index in [1.54, 1.807) is 4.90 Å². The molecular formula is C15H18N2O2. The first-order valence-electron chi connectivity index (χ1n) is 6.86. The van der Waals surface area contributed by atoms with E-state index in [-0.39, 0.29) is 24.2 Å². The fraction of sp³-hybridized carbons (Fsp3) is 0.467. The Kier molecular flexibility index (Phi) is 3.01. The molecule has 0 aromatic heterocycles. The molecule has 1 saturated heterocycles. The number of fused-ring (bicyclic) bond motifs is 1. The second-order valence-electron chi connectivity index (χ2n) is 5.47. The van der Waals surface area contributed by atoms with Gasteiger partial charge in [0, 0.05) is 18.7 Å². The van der Waals surface area contributed by atoms with Crippen LogP contribution in [0.3, 0.4) is 0 Å². The Morgan fingerprint density at radius 3 is 2.63 bits per heavy atom. The van der Waals surface area contributed by atoms with Gasteiger partial charge >= 0.3 is 0 Å². The molecule has 4 nitrogen and oxygen atoms in total. The maximum Gasteiger partial charge on any atom is 0.227 e. The number of primary amides is 1. The number of nitrogens with two attached hydrogens (primary N) is 1. The molecule has 4 heteroatoms. The van der Waals surface area contributed by atoms with Crippen molar-refractivity contribution in [3.05, 3.63) is 29.3 Å². The Morgan fingerprint density at radius 1 is 1.21 bits per heavy atom. The van der Waals surface area contributed by atoms with Crippen molar-refractivity contribution < 1.29 is 9.59 Å². The number of carbonyl (C=O) groups excluding carboxylic acids is 2. The summed E-state index contributed by atoms with van der Waals surface area (Å²) >= 11 is 0. The second kappa shape index (κ2) is 4.68. The number of rotatable bonds is 2. The lowest BCUT2D eigenvalue weighted by atomic mass is 9.91. The molecule has 1 aromatic rings. The Bertz CT molecular complexity index is 539. The first-order chi connectivity index (χ1) is 9.15. The molecule has 0 bridgehead atoms. The molecule has 100 valence electrons. The monoisotopic (exact) mass is 258 g/mol. The highest BCUT2D eigenvalue weighted by Gasteiger charge is 2.34. The minimum absolute atomic E-state index is 0.000408. The van der Waals surface area contributed by atoms with Gasteiger partial charge in [-0.15, -0.1) is 0 Å². The fourth-order valence-corrected chi connectivity index (χ4v) is 3.04. The topological polar surface area (TPSA) is 63.4 Å². The van der Waals surface area contributed by atoms with E-state index in [2.05, 4.69) is 12.1 Å². The molecule has 1 fully saturated rings. The normalized spacial score (nSPS) is 22.4. The standard InChI is InChI=1S/C15H18N2O2/c16-15(19)12-8-14(18)17(9-12)13-6-5-10-3-1-2-4-11(10)7-13/h5-7,12H,1-4,8-9H2,(H2,16,19). The highest BCUT2D eigenvalue weighted by molar-refractivity contribution is 6.00. The number of amides is 2. The van der Waals surface area contributed by atoms with E-state index in [1.807, 2.05) is 6.07 Å². The number of carbonyl (C=O) groups is 2. The highest BCUT2D eigenvalue weighted by Crippen LogP contribution is 2.29. The summed E-state index contributed by atoms with van der Waals surface area (Å²) in [4.78, 5) is 24.9. The van der Waals surface area contributed by atoms with Gasteiger partial charge in [-0.1, -0.05) is 6.07 Å². The molecule has 3 rings (SSSR count). The van der Waals surface area contributed by atoms with E-state index >= 15 is 0 Å². The third kappa shape index (κ3) is 2.23. The van der Waals surface area contributed by atoms with Crippen molar-refractivity contribution in [2.24, 2.45) is 11.7 Å². The molecule has 0 saturated carbocycles. The molecule has 2 aliphatic rings. The van der Waals surface area contributed by atoms with Crippen LogP contribution < -0.4 is 10.6 Å². The molecule has 19 heavy (non-hydrogen) atoms. The predicted molar refractivity (Wildman–Crippen MR) is 72.7 cm³/mol. The van der Waals surface area contributed by atoms with Crippen molar-refractivity contribution in [3.63, 3.8) is 0 Å². The summed E-state index contributed by atoms with van der Waals surface area (Å²) in [6.07, 6.45) is 4.93. The number of hydrogen-bond acceptors (Lipinski definition) is 2. The minimum atomic E-state index is -0.381. The van der Waals surface area contributed by atoms with Gasteiger partial charge in [-0.25, -0.2) is 0 Å². The average Bonchev–Trinajstić information content (AvgIpc) is 2.80. The van der Waals surface area contributed by atoms with Gasteiger partial charge in [-0.2, -0.15) is 0 Å². The maximum absolute atomic E-state index is 12.0. The van der Waals surface area contributed by atoms with Crippen LogP contribution in [0, 0.1) is 5.92 Å². The number of aryl methyl sites for hydroxylation is 2. The molecule has 2 N–H and O–H groups in total. The van der Waals surface area contributed by atoms with Crippen LogP contribution in [0.25, 0.3) is 0 Å². The van der Waals surface area contributed by atoms with E-state index in [9.17, 15) is 9.59 Å². The maximum atomic E-state index is 12.0. The van der Waals surface area contributed by atoms with Gasteiger partial charge in [0.25, 0.3) is 0 Å². The minimum Gasteiger partial charge on any atom is -0.369 e. The molecule has 1 heterocycles. The van der Waals surface area contributed by atoms with Gasteiger partial charge in [0.1, 0.15) is 0 Å². The molecule has 2 amide bonds. The van der Waals surface area contributed by atoms with Crippen molar-refractivity contribution in [2.75, 3.05) is 11.4 Å². The lowest BCUT2D eigenvalue weighted by Gasteiger charge is -2.21. The van der Waals surface area contributed by atoms with Crippen LogP contribution in [0.1, 0.15) is 30.4 Å². The zero-order valence-electron chi connectivity index (χ0n) is 10.9. The molecule has 0 radical (unpaired) electrons. The lowest BCUT2D eigenvalue weighted by molar-refractivity contribution is -0.123. The summed E-state index contributed by atoms with van der Waals surface area (Å²) in [7, 11) is 0. The number of hydrogen-bond donors (Lipinski definition) is 1. The third-order valence-corrected chi connectivity index (χ3v) is 4.17. The zero-order chi connectivity index (χ0) is 13.4. The van der Waals surface area contributed by atoms with Gasteiger partial charge in [0.2, 0.25) is 11.8 Å². The first-order valence-corrected chi connectivity index (χ1v) is 6.86.